The van der Waals surface area contributed by atoms with Gasteiger partial charge in [-0.1, -0.05) is 220 Å². The van der Waals surface area contributed by atoms with E-state index in [9.17, 15) is 9.59 Å². The van der Waals surface area contributed by atoms with E-state index >= 15 is 0 Å². The third-order valence-corrected chi connectivity index (χ3v) is 11.0. The maximum absolute atomic E-state index is 12.4. The molecule has 1 amide bonds. The van der Waals surface area contributed by atoms with Gasteiger partial charge >= 0.3 is 5.97 Å². The van der Waals surface area contributed by atoms with Crippen LogP contribution in [-0.4, -0.2) is 56.7 Å². The Hall–Kier alpha value is -0.810. The van der Waals surface area contributed by atoms with Crippen LogP contribution in [0.15, 0.2) is 0 Å². The summed E-state index contributed by atoms with van der Waals surface area (Å²) in [4.78, 5) is 24.7. The van der Waals surface area contributed by atoms with Crippen molar-refractivity contribution in [2.75, 3.05) is 40.3 Å². The molecule has 0 saturated heterocycles. The van der Waals surface area contributed by atoms with Crippen LogP contribution >= 0.6 is 0 Å². The number of amides is 1. The Kier molecular flexibility index (Phi) is 43.4. The summed E-state index contributed by atoms with van der Waals surface area (Å²) < 4.78 is 6.15. The number of carbonyl (C=O) groups is 2. The number of halogens is 1. The molecule has 0 unspecified atom stereocenters. The molecule has 0 aromatic heterocycles. The average molecular weight is 772 g/mol. The van der Waals surface area contributed by atoms with Crippen molar-refractivity contribution in [2.24, 2.45) is 5.92 Å². The fourth-order valence-corrected chi connectivity index (χ4v) is 7.45. The minimum absolute atomic E-state index is 0. The summed E-state index contributed by atoms with van der Waals surface area (Å²) >= 11 is 0. The van der Waals surface area contributed by atoms with Crippen molar-refractivity contribution < 1.29 is 31.2 Å². The number of hydrogen-bond acceptors (Lipinski definition) is 3. The molecule has 0 heterocycles. The van der Waals surface area contributed by atoms with Gasteiger partial charge in [0, 0.05) is 19.4 Å². The van der Waals surface area contributed by atoms with E-state index in [1.54, 1.807) is 0 Å². The van der Waals surface area contributed by atoms with E-state index in [1.807, 2.05) is 0 Å². The normalized spacial score (nSPS) is 11.6. The average Bonchev–Trinajstić information content (AvgIpc) is 3.10. The van der Waals surface area contributed by atoms with Crippen LogP contribution in [0, 0.1) is 5.92 Å². The van der Waals surface area contributed by atoms with Crippen molar-refractivity contribution in [1.82, 2.24) is 5.32 Å². The molecule has 0 rings (SSSR count). The second-order valence-electron chi connectivity index (χ2n) is 17.6. The molecule has 1 N–H and O–H groups in total. The first-order valence-electron chi connectivity index (χ1n) is 23.5. The Morgan fingerprint density at radius 3 is 1.26 bits per heavy atom. The van der Waals surface area contributed by atoms with Gasteiger partial charge in [-0.3, -0.25) is 4.79 Å². The highest BCUT2D eigenvalue weighted by Crippen LogP contribution is 2.16. The van der Waals surface area contributed by atoms with Crippen LogP contribution in [0.2, 0.25) is 0 Å². The molecule has 0 aliphatic heterocycles. The number of likely N-dealkylation sites (N-methyl/N-ethyl adjacent to an activating group) is 1. The van der Waals surface area contributed by atoms with E-state index in [-0.39, 0.29) is 24.3 Å². The van der Waals surface area contributed by atoms with Crippen LogP contribution in [0.25, 0.3) is 0 Å². The molecule has 0 aromatic rings. The summed E-state index contributed by atoms with van der Waals surface area (Å²) in [5.74, 6) is 0.936. The summed E-state index contributed by atoms with van der Waals surface area (Å²) in [7, 11) is 4.16. The molecule has 0 fully saturated rings. The lowest BCUT2D eigenvalue weighted by Gasteiger charge is -2.28. The second kappa shape index (κ2) is 42.3. The SMILES string of the molecule is CCCCCCCCCCCCCCCCCCCCCC(=O)NCCC[N+](C)(C)CC(=O)OCCCCCCCCCCCCCCCC(C)C.[Cl-]. The zero-order chi connectivity index (χ0) is 38.2. The Morgan fingerprint density at radius 2 is 0.868 bits per heavy atom. The van der Waals surface area contributed by atoms with Crippen LogP contribution in [0.4, 0.5) is 0 Å². The van der Waals surface area contributed by atoms with Crippen LogP contribution in [0.3, 0.4) is 0 Å². The Labute approximate surface area is 339 Å². The van der Waals surface area contributed by atoms with E-state index in [0.29, 0.717) is 30.6 Å². The monoisotopic (exact) mass is 771 g/mol. The molecule has 0 bridgehead atoms. The van der Waals surface area contributed by atoms with Gasteiger partial charge in [0.2, 0.25) is 5.91 Å². The molecular formula is C47H95ClN2O3. The van der Waals surface area contributed by atoms with Crippen molar-refractivity contribution in [2.45, 2.75) is 245 Å². The zero-order valence-electron chi connectivity index (χ0n) is 36.7. The Bertz CT molecular complexity index is 760. The molecule has 6 heteroatoms. The number of esters is 1. The van der Waals surface area contributed by atoms with Gasteiger partial charge in [-0.25, -0.2) is 4.79 Å². The van der Waals surface area contributed by atoms with Crippen LogP contribution < -0.4 is 17.7 Å². The molecule has 318 valence electrons. The molecule has 53 heavy (non-hydrogen) atoms. The third-order valence-electron chi connectivity index (χ3n) is 11.0. The van der Waals surface area contributed by atoms with Gasteiger partial charge in [0.05, 0.1) is 27.2 Å². The molecule has 0 spiro atoms. The lowest BCUT2D eigenvalue weighted by atomic mass is 10.0. The Morgan fingerprint density at radius 1 is 0.509 bits per heavy atom. The van der Waals surface area contributed by atoms with Gasteiger partial charge in [-0.2, -0.15) is 0 Å². The lowest BCUT2D eigenvalue weighted by molar-refractivity contribution is -0.883. The molecule has 0 aromatic carbocycles. The van der Waals surface area contributed by atoms with Crippen molar-refractivity contribution >= 4 is 11.9 Å². The van der Waals surface area contributed by atoms with Crippen LogP contribution in [0.5, 0.6) is 0 Å². The standard InChI is InChI=1S/C47H94N2O3.ClH/c1-6-7-8-9-10-11-12-13-14-15-16-17-18-21-24-27-30-33-36-40-46(50)48-41-38-42-49(4,5)44-47(51)52-43-37-34-31-28-25-22-19-20-23-26-29-32-35-39-45(2)3;/h45H,6-44H2,1-5H3;1H. The smallest absolute Gasteiger partial charge is 0.361 e. The highest BCUT2D eigenvalue weighted by atomic mass is 35.5. The first kappa shape index (κ1) is 54.3. The van der Waals surface area contributed by atoms with Gasteiger partial charge < -0.3 is 26.9 Å². The maximum Gasteiger partial charge on any atom is 0.361 e. The topological polar surface area (TPSA) is 55.4 Å². The van der Waals surface area contributed by atoms with E-state index in [0.717, 1.165) is 44.6 Å². The van der Waals surface area contributed by atoms with E-state index < -0.39 is 0 Å². The number of quaternary nitrogens is 1. The van der Waals surface area contributed by atoms with Gasteiger partial charge in [0.1, 0.15) is 0 Å². The highest BCUT2D eigenvalue weighted by Gasteiger charge is 2.20. The van der Waals surface area contributed by atoms with Crippen LogP contribution in [-0.2, 0) is 14.3 Å². The number of nitrogens with one attached hydrogen (secondary N) is 1. The molecule has 0 atom stereocenters. The van der Waals surface area contributed by atoms with Gasteiger partial charge in [0.15, 0.2) is 6.54 Å². The summed E-state index contributed by atoms with van der Waals surface area (Å²) in [5, 5.41) is 3.09. The summed E-state index contributed by atoms with van der Waals surface area (Å²) in [6.45, 7) is 9.43. The van der Waals surface area contributed by atoms with Crippen molar-refractivity contribution in [1.29, 1.82) is 0 Å². The quantitative estimate of drug-likeness (QED) is 0.0382. The predicted molar refractivity (Wildman–Crippen MR) is 228 cm³/mol. The van der Waals surface area contributed by atoms with Crippen molar-refractivity contribution in [3.8, 4) is 0 Å². The third kappa shape index (κ3) is 45.5. The number of ether oxygens (including phenoxy) is 1. The summed E-state index contributed by atoms with van der Waals surface area (Å²) in [6, 6.07) is 0. The van der Waals surface area contributed by atoms with Gasteiger partial charge in [-0.15, -0.1) is 0 Å². The molecular weight excluding hydrogens is 676 g/mol. The van der Waals surface area contributed by atoms with Gasteiger partial charge in [0.25, 0.3) is 0 Å². The highest BCUT2D eigenvalue weighted by molar-refractivity contribution is 5.75. The molecule has 0 saturated carbocycles. The predicted octanol–water partition coefficient (Wildman–Crippen LogP) is 11.1. The first-order valence-corrected chi connectivity index (χ1v) is 23.5. The van der Waals surface area contributed by atoms with E-state index in [2.05, 4.69) is 40.2 Å². The summed E-state index contributed by atoms with van der Waals surface area (Å²) in [6.07, 6.45) is 46.2. The van der Waals surface area contributed by atoms with Gasteiger partial charge in [-0.05, 0) is 18.8 Å². The van der Waals surface area contributed by atoms with Crippen molar-refractivity contribution in [3.05, 3.63) is 0 Å². The fourth-order valence-electron chi connectivity index (χ4n) is 7.45. The molecule has 0 aliphatic carbocycles. The minimum atomic E-state index is -0.0988. The Balaban J connectivity index is 0. The van der Waals surface area contributed by atoms with E-state index in [4.69, 9.17) is 4.74 Å². The number of rotatable bonds is 42. The zero-order valence-corrected chi connectivity index (χ0v) is 37.5. The summed E-state index contributed by atoms with van der Waals surface area (Å²) in [5.41, 5.74) is 0. The number of hydrogen-bond donors (Lipinski definition) is 1. The maximum atomic E-state index is 12.4. The molecule has 0 aliphatic rings. The lowest BCUT2D eigenvalue weighted by Crippen LogP contribution is -3.00. The first-order chi connectivity index (χ1) is 25.3. The van der Waals surface area contributed by atoms with E-state index in [1.165, 1.54) is 186 Å². The van der Waals surface area contributed by atoms with Crippen molar-refractivity contribution in [3.63, 3.8) is 0 Å². The van der Waals surface area contributed by atoms with Crippen LogP contribution in [0.1, 0.15) is 245 Å². The molecule has 0 radical (unpaired) electrons. The number of unbranched alkanes of at least 4 members (excludes halogenated alkanes) is 30. The second-order valence-corrected chi connectivity index (χ2v) is 17.6. The minimum Gasteiger partial charge on any atom is -1.00 e. The molecule has 5 nitrogen and oxygen atoms in total. The number of carbonyl (C=O) groups excluding carboxylic acids is 2. The number of nitrogens with zero attached hydrogens (tertiary/aromatic N) is 1. The largest absolute Gasteiger partial charge is 1.00 e. The fraction of sp³-hybridized carbons (Fsp3) is 0.957.